The number of carbonyl (C=O) groups excluding carboxylic acids is 1. The monoisotopic (exact) mass is 399 g/mol. The Kier molecular flexibility index (Phi) is 5.30. The SMILES string of the molecule is Cc1cccc2c1NC(=O)[C@H](N(Cc1ccccc1)C(=O)O)N=C2c1ccccc1. The number of benzene rings is 3. The van der Waals surface area contributed by atoms with E-state index in [9.17, 15) is 14.7 Å². The van der Waals surface area contributed by atoms with Crippen LogP contribution in [0.4, 0.5) is 10.5 Å². The molecule has 30 heavy (non-hydrogen) atoms. The fourth-order valence-corrected chi connectivity index (χ4v) is 3.55. The lowest BCUT2D eigenvalue weighted by Gasteiger charge is -2.25. The van der Waals surface area contributed by atoms with E-state index in [4.69, 9.17) is 0 Å². The summed E-state index contributed by atoms with van der Waals surface area (Å²) in [5.74, 6) is -0.477. The molecule has 0 aliphatic carbocycles. The van der Waals surface area contributed by atoms with Crippen LogP contribution in [0.15, 0.2) is 83.9 Å². The van der Waals surface area contributed by atoms with Gasteiger partial charge in [-0.05, 0) is 18.1 Å². The zero-order chi connectivity index (χ0) is 21.1. The number of nitrogens with zero attached hydrogens (tertiary/aromatic N) is 2. The van der Waals surface area contributed by atoms with E-state index in [1.54, 1.807) is 0 Å². The molecule has 1 heterocycles. The Labute approximate surface area is 174 Å². The second kappa shape index (κ2) is 8.21. The third-order valence-electron chi connectivity index (χ3n) is 5.05. The van der Waals surface area contributed by atoms with E-state index in [1.165, 1.54) is 0 Å². The summed E-state index contributed by atoms with van der Waals surface area (Å²) < 4.78 is 0. The molecule has 0 bridgehead atoms. The Morgan fingerprint density at radius 2 is 1.67 bits per heavy atom. The number of hydrogen-bond donors (Lipinski definition) is 2. The maximum absolute atomic E-state index is 13.1. The Morgan fingerprint density at radius 1 is 1.00 bits per heavy atom. The molecule has 0 spiro atoms. The van der Waals surface area contributed by atoms with Crippen molar-refractivity contribution in [1.82, 2.24) is 4.90 Å². The number of nitrogens with one attached hydrogen (secondary N) is 1. The Bertz CT molecular complexity index is 1110. The van der Waals surface area contributed by atoms with Crippen molar-refractivity contribution < 1.29 is 14.7 Å². The summed E-state index contributed by atoms with van der Waals surface area (Å²) in [6, 6.07) is 24.4. The molecule has 0 radical (unpaired) electrons. The van der Waals surface area contributed by atoms with Crippen LogP contribution in [0.5, 0.6) is 0 Å². The van der Waals surface area contributed by atoms with Crippen molar-refractivity contribution in [2.24, 2.45) is 4.99 Å². The molecule has 0 aromatic heterocycles. The molecular formula is C24H21N3O3. The summed E-state index contributed by atoms with van der Waals surface area (Å²) in [7, 11) is 0. The normalized spacial score (nSPS) is 15.4. The maximum Gasteiger partial charge on any atom is 0.409 e. The summed E-state index contributed by atoms with van der Waals surface area (Å²) in [6.45, 7) is 1.95. The van der Waals surface area contributed by atoms with Crippen LogP contribution in [0.3, 0.4) is 0 Å². The summed E-state index contributed by atoms with van der Waals surface area (Å²) in [5, 5.41) is 12.8. The first-order chi connectivity index (χ1) is 14.5. The predicted molar refractivity (Wildman–Crippen MR) is 116 cm³/mol. The number of amides is 2. The number of benzodiazepines with no additional fused rings is 1. The van der Waals surface area contributed by atoms with Crippen molar-refractivity contribution >= 4 is 23.4 Å². The molecule has 0 unspecified atom stereocenters. The number of carboxylic acid groups (broad SMARTS) is 1. The van der Waals surface area contributed by atoms with Crippen molar-refractivity contribution in [3.63, 3.8) is 0 Å². The number of carbonyl (C=O) groups is 2. The molecule has 6 nitrogen and oxygen atoms in total. The van der Waals surface area contributed by atoms with Crippen molar-refractivity contribution in [1.29, 1.82) is 0 Å². The Morgan fingerprint density at radius 3 is 2.33 bits per heavy atom. The van der Waals surface area contributed by atoms with Crippen LogP contribution in [0.25, 0.3) is 0 Å². The molecule has 0 saturated heterocycles. The first kappa shape index (κ1) is 19.4. The second-order valence-corrected chi connectivity index (χ2v) is 7.10. The number of anilines is 1. The predicted octanol–water partition coefficient (Wildman–Crippen LogP) is 4.29. The number of fused-ring (bicyclic) bond motifs is 1. The molecule has 3 aromatic rings. The third kappa shape index (κ3) is 3.80. The molecular weight excluding hydrogens is 378 g/mol. The highest BCUT2D eigenvalue weighted by Gasteiger charge is 2.33. The zero-order valence-electron chi connectivity index (χ0n) is 16.4. The van der Waals surface area contributed by atoms with Gasteiger partial charge in [0.05, 0.1) is 17.9 Å². The summed E-state index contributed by atoms with van der Waals surface area (Å²) >= 11 is 0. The molecule has 0 saturated carbocycles. The smallest absolute Gasteiger partial charge is 0.409 e. The van der Waals surface area contributed by atoms with E-state index in [-0.39, 0.29) is 6.54 Å². The lowest BCUT2D eigenvalue weighted by molar-refractivity contribution is -0.120. The quantitative estimate of drug-likeness (QED) is 0.687. The molecule has 4 rings (SSSR count). The average Bonchev–Trinajstić information content (AvgIpc) is 2.90. The zero-order valence-corrected chi connectivity index (χ0v) is 16.4. The Hall–Kier alpha value is -3.93. The highest BCUT2D eigenvalue weighted by Crippen LogP contribution is 2.28. The van der Waals surface area contributed by atoms with Gasteiger partial charge >= 0.3 is 6.09 Å². The fourth-order valence-electron chi connectivity index (χ4n) is 3.55. The van der Waals surface area contributed by atoms with Crippen LogP contribution >= 0.6 is 0 Å². The van der Waals surface area contributed by atoms with Crippen LogP contribution in [-0.4, -0.2) is 33.9 Å². The lowest BCUT2D eigenvalue weighted by Crippen LogP contribution is -2.45. The first-order valence-electron chi connectivity index (χ1n) is 9.62. The van der Waals surface area contributed by atoms with Crippen molar-refractivity contribution in [3.05, 3.63) is 101 Å². The van der Waals surface area contributed by atoms with Gasteiger partial charge in [0.1, 0.15) is 0 Å². The van der Waals surface area contributed by atoms with Crippen LogP contribution < -0.4 is 5.32 Å². The van der Waals surface area contributed by atoms with Gasteiger partial charge in [0.25, 0.3) is 5.91 Å². The van der Waals surface area contributed by atoms with Gasteiger partial charge in [-0.15, -0.1) is 0 Å². The first-order valence-corrected chi connectivity index (χ1v) is 9.62. The third-order valence-corrected chi connectivity index (χ3v) is 5.05. The number of para-hydroxylation sites is 1. The van der Waals surface area contributed by atoms with Gasteiger partial charge < -0.3 is 10.4 Å². The van der Waals surface area contributed by atoms with Crippen LogP contribution in [0.1, 0.15) is 22.3 Å². The molecule has 1 aliphatic rings. The standard InChI is InChI=1S/C24H21N3O3/c1-16-9-8-14-19-20(16)26-23(28)22(25-21(19)18-12-6-3-7-13-18)27(24(29)30)15-17-10-4-2-5-11-17/h2-14,22H,15H2,1H3,(H,26,28)(H,29,30)/t22-/m0/s1. The van der Waals surface area contributed by atoms with Crippen LogP contribution in [-0.2, 0) is 11.3 Å². The molecule has 1 atom stereocenters. The molecule has 0 fully saturated rings. The average molecular weight is 399 g/mol. The summed E-state index contributed by atoms with van der Waals surface area (Å²) in [4.78, 5) is 31.0. The number of rotatable bonds is 4. The molecule has 6 heteroatoms. The summed E-state index contributed by atoms with van der Waals surface area (Å²) in [5.41, 5.74) is 4.48. The molecule has 2 N–H and O–H groups in total. The molecule has 2 amide bonds. The minimum Gasteiger partial charge on any atom is -0.465 e. The maximum atomic E-state index is 13.1. The van der Waals surface area contributed by atoms with Gasteiger partial charge in [-0.1, -0.05) is 78.9 Å². The molecule has 1 aliphatic heterocycles. The van der Waals surface area contributed by atoms with E-state index in [1.807, 2.05) is 85.8 Å². The lowest BCUT2D eigenvalue weighted by atomic mass is 9.98. The van der Waals surface area contributed by atoms with Crippen molar-refractivity contribution in [3.8, 4) is 0 Å². The van der Waals surface area contributed by atoms with Gasteiger partial charge in [-0.2, -0.15) is 0 Å². The fraction of sp³-hybridized carbons (Fsp3) is 0.125. The van der Waals surface area contributed by atoms with E-state index in [0.29, 0.717) is 11.4 Å². The van der Waals surface area contributed by atoms with Gasteiger partial charge in [0.2, 0.25) is 6.17 Å². The van der Waals surface area contributed by atoms with E-state index in [0.717, 1.165) is 27.2 Å². The minimum absolute atomic E-state index is 0.0508. The van der Waals surface area contributed by atoms with E-state index < -0.39 is 18.2 Å². The topological polar surface area (TPSA) is 82.0 Å². The Balaban J connectivity index is 1.84. The second-order valence-electron chi connectivity index (χ2n) is 7.10. The highest BCUT2D eigenvalue weighted by atomic mass is 16.4. The number of hydrogen-bond acceptors (Lipinski definition) is 3. The van der Waals surface area contributed by atoms with Gasteiger partial charge in [-0.3, -0.25) is 9.69 Å². The van der Waals surface area contributed by atoms with Gasteiger partial charge in [-0.25, -0.2) is 9.79 Å². The van der Waals surface area contributed by atoms with Crippen molar-refractivity contribution in [2.45, 2.75) is 19.6 Å². The number of aliphatic imine (C=N–C) groups is 1. The molecule has 3 aromatic carbocycles. The van der Waals surface area contributed by atoms with Crippen LogP contribution in [0.2, 0.25) is 0 Å². The van der Waals surface area contributed by atoms with E-state index >= 15 is 0 Å². The molecule has 150 valence electrons. The van der Waals surface area contributed by atoms with Crippen molar-refractivity contribution in [2.75, 3.05) is 5.32 Å². The highest BCUT2D eigenvalue weighted by molar-refractivity contribution is 6.20. The van der Waals surface area contributed by atoms with E-state index in [2.05, 4.69) is 10.3 Å². The van der Waals surface area contributed by atoms with Gasteiger partial charge in [0, 0.05) is 11.1 Å². The van der Waals surface area contributed by atoms with Crippen LogP contribution in [0, 0.1) is 6.92 Å². The largest absolute Gasteiger partial charge is 0.465 e. The number of aryl methyl sites for hydroxylation is 1. The minimum atomic E-state index is -1.22. The van der Waals surface area contributed by atoms with Gasteiger partial charge in [0.15, 0.2) is 0 Å². The summed E-state index contributed by atoms with van der Waals surface area (Å²) in [6.07, 6.45) is -2.43.